The number of benzene rings is 2. The number of methoxy groups -OCH3 is 1. The molecule has 0 unspecified atom stereocenters. The molecule has 1 aliphatic heterocycles. The van der Waals surface area contributed by atoms with Gasteiger partial charge in [-0.15, -0.1) is 0 Å². The highest BCUT2D eigenvalue weighted by atomic mass is 32.1. The predicted octanol–water partition coefficient (Wildman–Crippen LogP) is 3.14. The number of rotatable bonds is 10. The molecular weight excluding hydrogens is 440 g/mol. The topological polar surface area (TPSA) is 94.1 Å². The zero-order valence-electron chi connectivity index (χ0n) is 19.1. The van der Waals surface area contributed by atoms with E-state index in [9.17, 15) is 14.7 Å². The molecule has 8 nitrogen and oxygen atoms in total. The largest absolute Gasteiger partial charge is 0.506 e. The first-order chi connectivity index (χ1) is 15.9. The van der Waals surface area contributed by atoms with Gasteiger partial charge in [0, 0.05) is 32.8 Å². The highest BCUT2D eigenvalue weighted by Crippen LogP contribution is 2.33. The number of anilines is 2. The molecular formula is C24H32N4O4S. The van der Waals surface area contributed by atoms with Gasteiger partial charge in [-0.2, -0.15) is 0 Å². The van der Waals surface area contributed by atoms with Crippen molar-refractivity contribution in [1.29, 1.82) is 0 Å². The summed E-state index contributed by atoms with van der Waals surface area (Å²) in [4.78, 5) is 27.8. The van der Waals surface area contributed by atoms with E-state index in [0.717, 1.165) is 25.2 Å². The van der Waals surface area contributed by atoms with Crippen molar-refractivity contribution in [1.82, 2.24) is 9.21 Å². The van der Waals surface area contributed by atoms with Crippen molar-refractivity contribution >= 4 is 36.0 Å². The summed E-state index contributed by atoms with van der Waals surface area (Å²) >= 11 is 4.37. The molecule has 0 radical (unpaired) electrons. The second-order valence-corrected chi connectivity index (χ2v) is 8.61. The molecule has 2 aromatic carbocycles. The quantitative estimate of drug-likeness (QED) is 0.314. The number of carbonyl (C=O) groups excluding carboxylic acids is 2. The third-order valence-electron chi connectivity index (χ3n) is 5.61. The fraction of sp³-hybridized carbons (Fsp3) is 0.417. The van der Waals surface area contributed by atoms with Crippen LogP contribution in [0.15, 0.2) is 36.4 Å². The Morgan fingerprint density at radius 1 is 1.18 bits per heavy atom. The number of aromatic hydroxyl groups is 1. The van der Waals surface area contributed by atoms with Gasteiger partial charge in [-0.25, -0.2) is 0 Å². The number of ether oxygens (including phenoxy) is 1. The van der Waals surface area contributed by atoms with Crippen molar-refractivity contribution in [2.24, 2.45) is 0 Å². The van der Waals surface area contributed by atoms with Gasteiger partial charge in [-0.3, -0.25) is 13.9 Å². The molecule has 0 saturated carbocycles. The second-order valence-electron chi connectivity index (χ2n) is 8.12. The lowest BCUT2D eigenvalue weighted by Crippen LogP contribution is -2.32. The van der Waals surface area contributed by atoms with Gasteiger partial charge in [-0.05, 0) is 61.3 Å². The molecule has 0 spiro atoms. The number of nitrogens with zero attached hydrogens (tertiary/aromatic N) is 2. The summed E-state index contributed by atoms with van der Waals surface area (Å²) in [5.74, 6) is -0.422. The van der Waals surface area contributed by atoms with Crippen LogP contribution in [-0.4, -0.2) is 66.5 Å². The van der Waals surface area contributed by atoms with Crippen LogP contribution in [0.1, 0.15) is 34.3 Å². The van der Waals surface area contributed by atoms with E-state index in [1.807, 2.05) is 0 Å². The van der Waals surface area contributed by atoms with Crippen molar-refractivity contribution in [2.45, 2.75) is 25.9 Å². The molecule has 1 aliphatic rings. The predicted molar refractivity (Wildman–Crippen MR) is 133 cm³/mol. The Hall–Kier alpha value is -2.75. The Bertz CT molecular complexity index is 979. The Kier molecular flexibility index (Phi) is 8.99. The zero-order valence-corrected chi connectivity index (χ0v) is 20.0. The van der Waals surface area contributed by atoms with Crippen LogP contribution in [0, 0.1) is 0 Å². The number of phenolic OH excluding ortho intramolecular Hbond substituents is 1. The molecule has 0 aliphatic carbocycles. The Morgan fingerprint density at radius 3 is 2.64 bits per heavy atom. The van der Waals surface area contributed by atoms with Crippen LogP contribution >= 0.6 is 12.8 Å². The smallest absolute Gasteiger partial charge is 0.263 e. The van der Waals surface area contributed by atoms with Crippen molar-refractivity contribution in [3.05, 3.63) is 53.1 Å². The minimum absolute atomic E-state index is 0.0257. The van der Waals surface area contributed by atoms with E-state index in [1.165, 1.54) is 17.1 Å². The Balaban J connectivity index is 1.64. The van der Waals surface area contributed by atoms with E-state index in [1.54, 1.807) is 50.6 Å². The molecule has 1 saturated heterocycles. The van der Waals surface area contributed by atoms with Crippen LogP contribution in [0.5, 0.6) is 5.75 Å². The Labute approximate surface area is 200 Å². The summed E-state index contributed by atoms with van der Waals surface area (Å²) in [6, 6.07) is 10.4. The minimum atomic E-state index is -0.262. The fourth-order valence-corrected chi connectivity index (χ4v) is 4.19. The second kappa shape index (κ2) is 11.9. The molecule has 3 rings (SSSR count). The molecule has 178 valence electrons. The normalized spacial score (nSPS) is 13.7. The van der Waals surface area contributed by atoms with E-state index >= 15 is 0 Å². The number of carbonyl (C=O) groups is 2. The molecule has 0 bridgehead atoms. The number of thiol groups is 1. The molecule has 2 aromatic rings. The molecule has 2 amide bonds. The fourth-order valence-electron chi connectivity index (χ4n) is 3.98. The molecule has 0 aromatic heterocycles. The van der Waals surface area contributed by atoms with Crippen molar-refractivity contribution < 1.29 is 19.4 Å². The summed E-state index contributed by atoms with van der Waals surface area (Å²) in [7, 11) is 3.23. The van der Waals surface area contributed by atoms with Crippen LogP contribution in [0.2, 0.25) is 0 Å². The molecule has 9 heteroatoms. The van der Waals surface area contributed by atoms with Crippen LogP contribution in [0.3, 0.4) is 0 Å². The number of hydrogen-bond acceptors (Lipinski definition) is 7. The first-order valence-electron chi connectivity index (χ1n) is 11.1. The van der Waals surface area contributed by atoms with Gasteiger partial charge in [0.2, 0.25) is 5.91 Å². The van der Waals surface area contributed by atoms with Crippen LogP contribution in [-0.2, 0) is 22.6 Å². The first-order valence-corrected chi connectivity index (χ1v) is 11.5. The van der Waals surface area contributed by atoms with Gasteiger partial charge in [0.05, 0.1) is 18.7 Å². The van der Waals surface area contributed by atoms with E-state index in [2.05, 4.69) is 28.3 Å². The molecule has 0 atom stereocenters. The van der Waals surface area contributed by atoms with E-state index in [0.29, 0.717) is 35.7 Å². The summed E-state index contributed by atoms with van der Waals surface area (Å²) in [5.41, 5.74) is 2.83. The van der Waals surface area contributed by atoms with Crippen LogP contribution in [0.4, 0.5) is 11.4 Å². The van der Waals surface area contributed by atoms with E-state index in [4.69, 9.17) is 4.74 Å². The minimum Gasteiger partial charge on any atom is -0.506 e. The third kappa shape index (κ3) is 6.86. The number of phenols is 1. The summed E-state index contributed by atoms with van der Waals surface area (Å²) in [5, 5.41) is 16.0. The number of nitrogens with one attached hydrogen (secondary N) is 2. The molecule has 33 heavy (non-hydrogen) atoms. The SMILES string of the molecule is CNc1c(O)cc(COC)cc1NC(=O)Cc1cccc(C(=O)N(S)CCN2CCCC2)c1. The monoisotopic (exact) mass is 472 g/mol. The number of amides is 2. The number of likely N-dealkylation sites (tertiary alicyclic amines) is 1. The highest BCUT2D eigenvalue weighted by Gasteiger charge is 2.18. The molecule has 1 heterocycles. The third-order valence-corrected chi connectivity index (χ3v) is 5.99. The summed E-state index contributed by atoms with van der Waals surface area (Å²) in [6.45, 7) is 3.80. The maximum absolute atomic E-state index is 12.8. The zero-order chi connectivity index (χ0) is 23.8. The van der Waals surface area contributed by atoms with Crippen molar-refractivity contribution in [3.8, 4) is 5.75 Å². The average molecular weight is 473 g/mol. The highest BCUT2D eigenvalue weighted by molar-refractivity contribution is 7.78. The number of hydrogen-bond donors (Lipinski definition) is 4. The summed E-state index contributed by atoms with van der Waals surface area (Å²) in [6.07, 6.45) is 2.49. The van der Waals surface area contributed by atoms with Crippen LogP contribution in [0.25, 0.3) is 0 Å². The van der Waals surface area contributed by atoms with Gasteiger partial charge in [0.15, 0.2) is 0 Å². The van der Waals surface area contributed by atoms with Crippen molar-refractivity contribution in [3.63, 3.8) is 0 Å². The van der Waals surface area contributed by atoms with Gasteiger partial charge in [0.25, 0.3) is 5.91 Å². The van der Waals surface area contributed by atoms with Crippen LogP contribution < -0.4 is 10.6 Å². The first kappa shape index (κ1) is 24.9. The van der Waals surface area contributed by atoms with Crippen molar-refractivity contribution in [2.75, 3.05) is 51.0 Å². The average Bonchev–Trinajstić information content (AvgIpc) is 3.31. The maximum Gasteiger partial charge on any atom is 0.263 e. The van der Waals surface area contributed by atoms with E-state index in [-0.39, 0.29) is 24.0 Å². The van der Waals surface area contributed by atoms with Gasteiger partial charge >= 0.3 is 0 Å². The van der Waals surface area contributed by atoms with E-state index < -0.39 is 0 Å². The van der Waals surface area contributed by atoms with Gasteiger partial charge in [-0.1, -0.05) is 24.9 Å². The maximum atomic E-state index is 12.8. The lowest BCUT2D eigenvalue weighted by Gasteiger charge is -2.20. The lowest BCUT2D eigenvalue weighted by atomic mass is 10.1. The summed E-state index contributed by atoms with van der Waals surface area (Å²) < 4.78 is 6.56. The van der Waals surface area contributed by atoms with Gasteiger partial charge < -0.3 is 25.4 Å². The standard InChI is InChI=1S/C24H32N4O4S/c1-25-23-20(13-18(16-32-2)14-21(23)29)26-22(30)15-17-6-5-7-19(12-17)24(31)28(33)11-10-27-8-3-4-9-27/h5-7,12-14,25,29,33H,3-4,8-11,15-16H2,1-2H3,(H,26,30). The lowest BCUT2D eigenvalue weighted by molar-refractivity contribution is -0.115. The Morgan fingerprint density at radius 2 is 1.94 bits per heavy atom. The molecule has 3 N–H and O–H groups in total. The van der Waals surface area contributed by atoms with Gasteiger partial charge in [0.1, 0.15) is 11.4 Å². The molecule has 1 fully saturated rings.